The van der Waals surface area contributed by atoms with Crippen LogP contribution in [-0.4, -0.2) is 5.24 Å². The second-order valence-corrected chi connectivity index (χ2v) is 3.09. The Balaban J connectivity index is 2.67. The van der Waals surface area contributed by atoms with Crippen LogP contribution in [-0.2, 0) is 0 Å². The van der Waals surface area contributed by atoms with E-state index in [0.29, 0.717) is 16.5 Å². The minimum absolute atomic E-state index is 0.0942. The van der Waals surface area contributed by atoms with Crippen LogP contribution >= 0.6 is 11.6 Å². The Morgan fingerprint density at radius 1 is 1.43 bits per heavy atom. The van der Waals surface area contributed by atoms with Crippen LogP contribution in [0.1, 0.15) is 16.1 Å². The lowest BCUT2D eigenvalue weighted by Crippen LogP contribution is -1.80. The van der Waals surface area contributed by atoms with Gasteiger partial charge in [0.15, 0.2) is 5.76 Å². The summed E-state index contributed by atoms with van der Waals surface area (Å²) in [5.41, 5.74) is 1.07. The van der Waals surface area contributed by atoms with E-state index in [2.05, 4.69) is 0 Å². The van der Waals surface area contributed by atoms with Gasteiger partial charge in [0.05, 0.1) is 11.6 Å². The van der Waals surface area contributed by atoms with Gasteiger partial charge >= 0.3 is 0 Å². The van der Waals surface area contributed by atoms with Crippen LogP contribution in [0.25, 0.3) is 11.0 Å². The van der Waals surface area contributed by atoms with Crippen LogP contribution in [0.4, 0.5) is 0 Å². The third-order valence-electron chi connectivity index (χ3n) is 1.84. The van der Waals surface area contributed by atoms with Gasteiger partial charge in [-0.2, -0.15) is 5.26 Å². The van der Waals surface area contributed by atoms with Crippen molar-refractivity contribution in [3.8, 4) is 6.07 Å². The van der Waals surface area contributed by atoms with Gasteiger partial charge in [0.2, 0.25) is 0 Å². The molecule has 68 valence electrons. The monoisotopic (exact) mass is 205 g/mol. The number of rotatable bonds is 1. The lowest BCUT2D eigenvalue weighted by atomic mass is 10.2. The summed E-state index contributed by atoms with van der Waals surface area (Å²) in [6.07, 6.45) is 0. The molecule has 2 rings (SSSR count). The standard InChI is InChI=1S/C10H4ClNO2/c11-10(13)9-4-7-3-6(5-12)1-2-8(7)14-9/h1-4H. The van der Waals surface area contributed by atoms with E-state index >= 15 is 0 Å². The molecule has 0 N–H and O–H groups in total. The van der Waals surface area contributed by atoms with Gasteiger partial charge in [-0.15, -0.1) is 0 Å². The molecule has 4 heteroatoms. The summed E-state index contributed by atoms with van der Waals surface area (Å²) in [7, 11) is 0. The van der Waals surface area contributed by atoms with Gasteiger partial charge in [-0.3, -0.25) is 4.79 Å². The maximum Gasteiger partial charge on any atom is 0.287 e. The summed E-state index contributed by atoms with van der Waals surface area (Å²) in [5.74, 6) is 0.0942. The zero-order valence-corrected chi connectivity index (χ0v) is 7.71. The van der Waals surface area contributed by atoms with Crippen molar-refractivity contribution < 1.29 is 9.21 Å². The number of furan rings is 1. The first-order chi connectivity index (χ1) is 6.70. The van der Waals surface area contributed by atoms with E-state index in [1.807, 2.05) is 6.07 Å². The fourth-order valence-electron chi connectivity index (χ4n) is 1.21. The van der Waals surface area contributed by atoms with Crippen LogP contribution in [0.2, 0.25) is 0 Å². The third kappa shape index (κ3) is 1.36. The number of hydrogen-bond donors (Lipinski definition) is 0. The predicted octanol–water partition coefficient (Wildman–Crippen LogP) is 2.68. The third-order valence-corrected chi connectivity index (χ3v) is 2.03. The van der Waals surface area contributed by atoms with Crippen molar-refractivity contribution in [2.24, 2.45) is 0 Å². The smallest absolute Gasteiger partial charge is 0.287 e. The van der Waals surface area contributed by atoms with Crippen molar-refractivity contribution in [1.29, 1.82) is 5.26 Å². The molecule has 1 aromatic heterocycles. The maximum atomic E-state index is 10.8. The second kappa shape index (κ2) is 3.17. The van der Waals surface area contributed by atoms with Crippen LogP contribution in [0.15, 0.2) is 28.7 Å². The van der Waals surface area contributed by atoms with Crippen molar-refractivity contribution >= 4 is 27.8 Å². The van der Waals surface area contributed by atoms with Crippen molar-refractivity contribution in [3.63, 3.8) is 0 Å². The van der Waals surface area contributed by atoms with E-state index in [1.54, 1.807) is 18.2 Å². The van der Waals surface area contributed by atoms with Gasteiger partial charge in [0, 0.05) is 5.39 Å². The number of fused-ring (bicyclic) bond motifs is 1. The molecule has 1 heterocycles. The number of nitrogens with zero attached hydrogens (tertiary/aromatic N) is 1. The lowest BCUT2D eigenvalue weighted by molar-refractivity contribution is 0.105. The van der Waals surface area contributed by atoms with Crippen molar-refractivity contribution in [2.45, 2.75) is 0 Å². The first-order valence-corrected chi connectivity index (χ1v) is 4.22. The van der Waals surface area contributed by atoms with Crippen LogP contribution in [0, 0.1) is 11.3 Å². The number of benzene rings is 1. The molecule has 0 amide bonds. The lowest BCUT2D eigenvalue weighted by Gasteiger charge is -1.87. The number of carbonyl (C=O) groups is 1. The molecule has 1 aromatic carbocycles. The van der Waals surface area contributed by atoms with Crippen molar-refractivity contribution in [1.82, 2.24) is 0 Å². The fraction of sp³-hybridized carbons (Fsp3) is 0. The molecule has 0 unspecified atom stereocenters. The van der Waals surface area contributed by atoms with Gasteiger partial charge in [0.1, 0.15) is 5.58 Å². The summed E-state index contributed by atoms with van der Waals surface area (Å²) in [6, 6.07) is 8.41. The Hall–Kier alpha value is -1.79. The van der Waals surface area contributed by atoms with E-state index in [4.69, 9.17) is 21.3 Å². The number of carbonyl (C=O) groups excluding carboxylic acids is 1. The van der Waals surface area contributed by atoms with Crippen molar-refractivity contribution in [3.05, 3.63) is 35.6 Å². The topological polar surface area (TPSA) is 54.0 Å². The maximum absolute atomic E-state index is 10.8. The number of nitriles is 1. The van der Waals surface area contributed by atoms with E-state index in [0.717, 1.165) is 0 Å². The zero-order valence-electron chi connectivity index (χ0n) is 6.95. The number of halogens is 1. The largest absolute Gasteiger partial charge is 0.452 e. The highest BCUT2D eigenvalue weighted by atomic mass is 35.5. The molecule has 14 heavy (non-hydrogen) atoms. The molecule has 0 spiro atoms. The minimum Gasteiger partial charge on any atom is -0.452 e. The van der Waals surface area contributed by atoms with Crippen LogP contribution < -0.4 is 0 Å². The van der Waals surface area contributed by atoms with E-state index in [9.17, 15) is 4.79 Å². The van der Waals surface area contributed by atoms with Crippen molar-refractivity contribution in [2.75, 3.05) is 0 Å². The first kappa shape index (κ1) is 8.79. The van der Waals surface area contributed by atoms with Gasteiger partial charge < -0.3 is 4.42 Å². The van der Waals surface area contributed by atoms with Crippen LogP contribution in [0.3, 0.4) is 0 Å². The second-order valence-electron chi connectivity index (χ2n) is 2.75. The van der Waals surface area contributed by atoms with Gasteiger partial charge in [-0.05, 0) is 35.9 Å². The molecule has 0 aliphatic carbocycles. The highest BCUT2D eigenvalue weighted by Gasteiger charge is 2.09. The van der Waals surface area contributed by atoms with Crippen LogP contribution in [0.5, 0.6) is 0 Å². The molecular weight excluding hydrogens is 202 g/mol. The highest BCUT2D eigenvalue weighted by Crippen LogP contribution is 2.21. The minimum atomic E-state index is -0.639. The molecular formula is C10H4ClNO2. The van der Waals surface area contributed by atoms with E-state index in [1.165, 1.54) is 6.07 Å². The molecule has 0 atom stereocenters. The average Bonchev–Trinajstić information content (AvgIpc) is 2.59. The zero-order chi connectivity index (χ0) is 10.1. The van der Waals surface area contributed by atoms with E-state index < -0.39 is 5.24 Å². The summed E-state index contributed by atoms with van der Waals surface area (Å²) < 4.78 is 5.14. The highest BCUT2D eigenvalue weighted by molar-refractivity contribution is 6.67. The Morgan fingerprint density at radius 3 is 2.86 bits per heavy atom. The molecule has 3 nitrogen and oxygen atoms in total. The average molecular weight is 206 g/mol. The first-order valence-electron chi connectivity index (χ1n) is 3.84. The molecule has 0 saturated heterocycles. The number of hydrogen-bond acceptors (Lipinski definition) is 3. The normalized spacial score (nSPS) is 10.0. The molecule has 0 saturated carbocycles. The molecule has 0 fully saturated rings. The predicted molar refractivity (Wildman–Crippen MR) is 51.1 cm³/mol. The molecule has 0 aliphatic heterocycles. The van der Waals surface area contributed by atoms with Gasteiger partial charge in [0.25, 0.3) is 5.24 Å². The molecule has 2 aromatic rings. The fourth-order valence-corrected chi connectivity index (χ4v) is 1.30. The Labute approximate surface area is 84.5 Å². The quantitative estimate of drug-likeness (QED) is 0.673. The molecule has 0 bridgehead atoms. The summed E-state index contributed by atoms with van der Waals surface area (Å²) >= 11 is 5.25. The van der Waals surface area contributed by atoms with Gasteiger partial charge in [-0.1, -0.05) is 0 Å². The Bertz CT molecular complexity index is 551. The molecule has 0 radical (unpaired) electrons. The summed E-state index contributed by atoms with van der Waals surface area (Å²) in [5, 5.41) is 8.70. The Kier molecular flexibility index (Phi) is 1.99. The SMILES string of the molecule is N#Cc1ccc2oc(C(=O)Cl)cc2c1. The van der Waals surface area contributed by atoms with E-state index in [-0.39, 0.29) is 5.76 Å². The van der Waals surface area contributed by atoms with Gasteiger partial charge in [-0.25, -0.2) is 0 Å². The summed E-state index contributed by atoms with van der Waals surface area (Å²) in [4.78, 5) is 10.8. The molecule has 0 aliphatic rings. The summed E-state index contributed by atoms with van der Waals surface area (Å²) in [6.45, 7) is 0. The Morgan fingerprint density at radius 2 is 2.21 bits per heavy atom.